The number of amides is 2. The monoisotopic (exact) mass is 222 g/mol. The van der Waals surface area contributed by atoms with Crippen molar-refractivity contribution in [1.29, 1.82) is 0 Å². The van der Waals surface area contributed by atoms with E-state index in [1.54, 1.807) is 0 Å². The van der Waals surface area contributed by atoms with E-state index in [-0.39, 0.29) is 11.8 Å². The third-order valence-corrected chi connectivity index (χ3v) is 3.50. The van der Waals surface area contributed by atoms with E-state index in [2.05, 4.69) is 11.8 Å². The van der Waals surface area contributed by atoms with Gasteiger partial charge in [-0.1, -0.05) is 6.92 Å². The van der Waals surface area contributed by atoms with Crippen LogP contribution in [0.3, 0.4) is 0 Å². The van der Waals surface area contributed by atoms with Crippen LogP contribution in [0.2, 0.25) is 0 Å². The summed E-state index contributed by atoms with van der Waals surface area (Å²) in [6.07, 6.45) is 4.91. The lowest BCUT2D eigenvalue weighted by Crippen LogP contribution is -2.40. The smallest absolute Gasteiger partial charge is 0.253 e. The lowest BCUT2D eigenvalue weighted by molar-refractivity contribution is -0.137. The SMILES string of the molecule is CCN1CCC(CN2C(=O)C=CC2=O)CC1. The first-order valence-electron chi connectivity index (χ1n) is 5.96. The van der Waals surface area contributed by atoms with Crippen molar-refractivity contribution in [3.05, 3.63) is 12.2 Å². The molecule has 0 saturated carbocycles. The van der Waals surface area contributed by atoms with Crippen molar-refractivity contribution in [2.24, 2.45) is 5.92 Å². The highest BCUT2D eigenvalue weighted by atomic mass is 16.2. The minimum atomic E-state index is -0.150. The van der Waals surface area contributed by atoms with Crippen LogP contribution in [0.25, 0.3) is 0 Å². The minimum Gasteiger partial charge on any atom is -0.304 e. The van der Waals surface area contributed by atoms with Gasteiger partial charge in [0.05, 0.1) is 0 Å². The molecule has 0 bridgehead atoms. The van der Waals surface area contributed by atoms with Crippen LogP contribution in [0.15, 0.2) is 12.2 Å². The van der Waals surface area contributed by atoms with E-state index < -0.39 is 0 Å². The van der Waals surface area contributed by atoms with Crippen LogP contribution in [0, 0.1) is 5.92 Å². The molecule has 0 aromatic carbocycles. The average molecular weight is 222 g/mol. The molecular weight excluding hydrogens is 204 g/mol. The molecule has 2 aliphatic heterocycles. The third kappa shape index (κ3) is 2.32. The average Bonchev–Trinajstić information content (AvgIpc) is 2.62. The molecule has 0 atom stereocenters. The summed E-state index contributed by atoms with van der Waals surface area (Å²) in [4.78, 5) is 26.5. The summed E-state index contributed by atoms with van der Waals surface area (Å²) < 4.78 is 0. The highest BCUT2D eigenvalue weighted by molar-refractivity contribution is 6.12. The van der Waals surface area contributed by atoms with Crippen LogP contribution < -0.4 is 0 Å². The molecule has 1 fully saturated rings. The molecule has 0 unspecified atom stereocenters. The molecule has 1 saturated heterocycles. The summed E-state index contributed by atoms with van der Waals surface area (Å²) in [5.74, 6) is 0.182. The first-order chi connectivity index (χ1) is 7.70. The van der Waals surface area contributed by atoms with Gasteiger partial charge < -0.3 is 4.90 Å². The van der Waals surface area contributed by atoms with Crippen molar-refractivity contribution in [2.75, 3.05) is 26.2 Å². The fourth-order valence-electron chi connectivity index (χ4n) is 2.35. The molecule has 2 rings (SSSR count). The number of rotatable bonds is 3. The van der Waals surface area contributed by atoms with Crippen LogP contribution in [-0.4, -0.2) is 47.8 Å². The predicted molar refractivity (Wildman–Crippen MR) is 60.7 cm³/mol. The van der Waals surface area contributed by atoms with Crippen LogP contribution in [0.1, 0.15) is 19.8 Å². The Balaban J connectivity index is 1.83. The van der Waals surface area contributed by atoms with Gasteiger partial charge in [-0.25, -0.2) is 0 Å². The standard InChI is InChI=1S/C12H18N2O2/c1-2-13-7-5-10(6-8-13)9-14-11(15)3-4-12(14)16/h3-4,10H,2,5-9H2,1H3. The summed E-state index contributed by atoms with van der Waals surface area (Å²) in [5.41, 5.74) is 0. The zero-order chi connectivity index (χ0) is 11.5. The van der Waals surface area contributed by atoms with Crippen molar-refractivity contribution < 1.29 is 9.59 Å². The van der Waals surface area contributed by atoms with Gasteiger partial charge in [0.25, 0.3) is 11.8 Å². The molecule has 0 aromatic heterocycles. The van der Waals surface area contributed by atoms with Gasteiger partial charge >= 0.3 is 0 Å². The summed E-state index contributed by atoms with van der Waals surface area (Å²) in [7, 11) is 0. The maximum Gasteiger partial charge on any atom is 0.253 e. The van der Waals surface area contributed by atoms with Gasteiger partial charge in [0, 0.05) is 18.7 Å². The van der Waals surface area contributed by atoms with Crippen molar-refractivity contribution >= 4 is 11.8 Å². The van der Waals surface area contributed by atoms with E-state index >= 15 is 0 Å². The highest BCUT2D eigenvalue weighted by Crippen LogP contribution is 2.19. The number of hydrogen-bond acceptors (Lipinski definition) is 3. The lowest BCUT2D eigenvalue weighted by Gasteiger charge is -2.32. The van der Waals surface area contributed by atoms with Crippen LogP contribution in [-0.2, 0) is 9.59 Å². The minimum absolute atomic E-state index is 0.150. The zero-order valence-electron chi connectivity index (χ0n) is 9.69. The van der Waals surface area contributed by atoms with Gasteiger partial charge in [-0.2, -0.15) is 0 Å². The molecule has 0 aromatic rings. The number of likely N-dealkylation sites (tertiary alicyclic amines) is 1. The molecule has 16 heavy (non-hydrogen) atoms. The fourth-order valence-corrected chi connectivity index (χ4v) is 2.35. The Morgan fingerprint density at radius 1 is 1.19 bits per heavy atom. The van der Waals surface area contributed by atoms with Gasteiger partial charge in [0.15, 0.2) is 0 Å². The third-order valence-electron chi connectivity index (χ3n) is 3.50. The fraction of sp³-hybridized carbons (Fsp3) is 0.667. The number of carbonyl (C=O) groups excluding carboxylic acids is 2. The number of imide groups is 1. The van der Waals surface area contributed by atoms with Crippen molar-refractivity contribution in [2.45, 2.75) is 19.8 Å². The Bertz CT molecular complexity index is 299. The molecule has 2 amide bonds. The van der Waals surface area contributed by atoms with Gasteiger partial charge in [0.1, 0.15) is 0 Å². The van der Waals surface area contributed by atoms with E-state index in [0.717, 1.165) is 32.5 Å². The number of piperidine rings is 1. The van der Waals surface area contributed by atoms with E-state index in [1.807, 2.05) is 0 Å². The topological polar surface area (TPSA) is 40.6 Å². The van der Waals surface area contributed by atoms with Crippen LogP contribution in [0.4, 0.5) is 0 Å². The van der Waals surface area contributed by atoms with E-state index in [9.17, 15) is 9.59 Å². The predicted octanol–water partition coefficient (Wildman–Crippen LogP) is 0.643. The van der Waals surface area contributed by atoms with Gasteiger partial charge in [-0.05, 0) is 38.4 Å². The zero-order valence-corrected chi connectivity index (χ0v) is 9.69. The Labute approximate surface area is 95.9 Å². The normalized spacial score (nSPS) is 23.4. The second-order valence-corrected chi connectivity index (χ2v) is 4.50. The summed E-state index contributed by atoms with van der Waals surface area (Å²) in [5, 5.41) is 0. The number of hydrogen-bond donors (Lipinski definition) is 0. The number of nitrogens with zero attached hydrogens (tertiary/aromatic N) is 2. The van der Waals surface area contributed by atoms with Crippen molar-refractivity contribution in [1.82, 2.24) is 9.80 Å². The maximum atomic E-state index is 11.4. The summed E-state index contributed by atoms with van der Waals surface area (Å²) in [6, 6.07) is 0. The van der Waals surface area contributed by atoms with Crippen molar-refractivity contribution in [3.63, 3.8) is 0 Å². The summed E-state index contributed by atoms with van der Waals surface area (Å²) in [6.45, 7) is 6.03. The van der Waals surface area contributed by atoms with Gasteiger partial charge in [-0.15, -0.1) is 0 Å². The molecule has 4 nitrogen and oxygen atoms in total. The molecule has 0 N–H and O–H groups in total. The molecular formula is C12H18N2O2. The second-order valence-electron chi connectivity index (χ2n) is 4.50. The Morgan fingerprint density at radius 2 is 1.75 bits per heavy atom. The summed E-state index contributed by atoms with van der Waals surface area (Å²) >= 11 is 0. The van der Waals surface area contributed by atoms with Gasteiger partial charge in [0.2, 0.25) is 0 Å². The van der Waals surface area contributed by atoms with E-state index in [4.69, 9.17) is 0 Å². The highest BCUT2D eigenvalue weighted by Gasteiger charge is 2.28. The van der Waals surface area contributed by atoms with E-state index in [0.29, 0.717) is 12.5 Å². The maximum absolute atomic E-state index is 11.4. The first kappa shape index (κ1) is 11.3. The van der Waals surface area contributed by atoms with Crippen LogP contribution >= 0.6 is 0 Å². The Hall–Kier alpha value is -1.16. The molecule has 4 heteroatoms. The Kier molecular flexibility index (Phi) is 3.39. The van der Waals surface area contributed by atoms with Gasteiger partial charge in [-0.3, -0.25) is 14.5 Å². The molecule has 2 aliphatic rings. The number of carbonyl (C=O) groups is 2. The second kappa shape index (κ2) is 4.78. The molecule has 0 spiro atoms. The molecule has 0 aliphatic carbocycles. The van der Waals surface area contributed by atoms with E-state index in [1.165, 1.54) is 17.1 Å². The largest absolute Gasteiger partial charge is 0.304 e. The lowest BCUT2D eigenvalue weighted by atomic mass is 9.96. The quantitative estimate of drug-likeness (QED) is 0.658. The first-order valence-corrected chi connectivity index (χ1v) is 5.96. The molecule has 88 valence electrons. The van der Waals surface area contributed by atoms with Crippen LogP contribution in [0.5, 0.6) is 0 Å². The van der Waals surface area contributed by atoms with Crippen molar-refractivity contribution in [3.8, 4) is 0 Å². The molecule has 2 heterocycles. The molecule has 0 radical (unpaired) electrons. The Morgan fingerprint density at radius 3 is 2.25 bits per heavy atom.